The van der Waals surface area contributed by atoms with Gasteiger partial charge in [-0.3, -0.25) is 4.79 Å². The number of nitrogens with zero attached hydrogens (tertiary/aromatic N) is 3. The Labute approximate surface area is 151 Å². The van der Waals surface area contributed by atoms with Gasteiger partial charge in [0.15, 0.2) is 5.82 Å². The first kappa shape index (κ1) is 18.2. The van der Waals surface area contributed by atoms with Crippen LogP contribution >= 0.6 is 0 Å². The van der Waals surface area contributed by atoms with Crippen molar-refractivity contribution in [3.05, 3.63) is 66.1 Å². The van der Waals surface area contributed by atoms with Crippen molar-refractivity contribution in [1.29, 1.82) is 0 Å². The van der Waals surface area contributed by atoms with Crippen molar-refractivity contribution in [2.45, 2.75) is 12.9 Å². The molecule has 0 saturated heterocycles. The first-order valence-electron chi connectivity index (χ1n) is 7.64. The molecule has 0 fully saturated rings. The van der Waals surface area contributed by atoms with E-state index in [1.807, 2.05) is 0 Å². The highest BCUT2D eigenvalue weighted by atomic mass is 19.4. The fourth-order valence-corrected chi connectivity index (χ4v) is 2.23. The summed E-state index contributed by atoms with van der Waals surface area (Å²) in [6.07, 6.45) is -0.372. The molecule has 140 valence electrons. The Balaban J connectivity index is 1.62. The number of aromatic nitrogens is 3. The predicted octanol–water partition coefficient (Wildman–Crippen LogP) is 2.80. The van der Waals surface area contributed by atoms with Crippen molar-refractivity contribution in [3.8, 4) is 17.3 Å². The minimum atomic E-state index is -4.76. The van der Waals surface area contributed by atoms with Gasteiger partial charge in [-0.15, -0.1) is 13.2 Å². The van der Waals surface area contributed by atoms with Gasteiger partial charge in [0.25, 0.3) is 5.91 Å². The fraction of sp³-hybridized carbons (Fsp3) is 0.118. The van der Waals surface area contributed by atoms with E-state index in [-0.39, 0.29) is 23.6 Å². The summed E-state index contributed by atoms with van der Waals surface area (Å²) in [6.45, 7) is 0.0471. The number of ether oxygens (including phenoxy) is 1. The van der Waals surface area contributed by atoms with Crippen LogP contribution in [0.4, 0.5) is 13.2 Å². The zero-order chi connectivity index (χ0) is 19.4. The Bertz CT molecular complexity index is 926. The summed E-state index contributed by atoms with van der Waals surface area (Å²) in [7, 11) is 0. The quantitative estimate of drug-likeness (QED) is 0.713. The first-order valence-corrected chi connectivity index (χ1v) is 7.64. The number of aromatic hydroxyl groups is 1. The van der Waals surface area contributed by atoms with Gasteiger partial charge in [0.1, 0.15) is 11.5 Å². The monoisotopic (exact) mass is 378 g/mol. The number of pyridine rings is 1. The molecule has 1 amide bonds. The second kappa shape index (κ2) is 7.36. The lowest BCUT2D eigenvalue weighted by Crippen LogP contribution is -2.23. The molecule has 7 nitrogen and oxygen atoms in total. The SMILES string of the molecule is O=C(NCc1ccc(OC(F)(F)F)cc1)c1cnc(-n2cccn2)cc1O. The summed E-state index contributed by atoms with van der Waals surface area (Å²) < 4.78 is 41.6. The third-order valence-electron chi connectivity index (χ3n) is 3.46. The summed E-state index contributed by atoms with van der Waals surface area (Å²) >= 11 is 0. The maximum absolute atomic E-state index is 12.2. The van der Waals surface area contributed by atoms with Gasteiger partial charge in [-0.05, 0) is 23.8 Å². The van der Waals surface area contributed by atoms with Gasteiger partial charge < -0.3 is 15.2 Å². The Kier molecular flexibility index (Phi) is 4.97. The molecule has 0 spiro atoms. The molecule has 27 heavy (non-hydrogen) atoms. The molecule has 0 bridgehead atoms. The largest absolute Gasteiger partial charge is 0.573 e. The highest BCUT2D eigenvalue weighted by Crippen LogP contribution is 2.23. The van der Waals surface area contributed by atoms with Crippen LogP contribution in [0, 0.1) is 0 Å². The number of halogens is 3. The topological polar surface area (TPSA) is 89.3 Å². The molecular formula is C17H13F3N4O3. The first-order chi connectivity index (χ1) is 12.8. The Hall–Kier alpha value is -3.56. The van der Waals surface area contributed by atoms with Gasteiger partial charge in [0.05, 0.1) is 5.56 Å². The van der Waals surface area contributed by atoms with E-state index in [4.69, 9.17) is 0 Å². The average Bonchev–Trinajstić information content (AvgIpc) is 3.14. The second-order valence-corrected chi connectivity index (χ2v) is 5.38. The molecule has 0 aliphatic rings. The Morgan fingerprint density at radius 2 is 2.00 bits per heavy atom. The van der Waals surface area contributed by atoms with Crippen LogP contribution in [0.5, 0.6) is 11.5 Å². The van der Waals surface area contributed by atoms with Crippen LogP contribution in [0.3, 0.4) is 0 Å². The summed E-state index contributed by atoms with van der Waals surface area (Å²) in [6, 6.07) is 8.05. The molecule has 1 aromatic carbocycles. The minimum absolute atomic E-state index is 0.0390. The van der Waals surface area contributed by atoms with E-state index in [9.17, 15) is 23.1 Å². The Morgan fingerprint density at radius 1 is 1.26 bits per heavy atom. The number of rotatable bonds is 5. The minimum Gasteiger partial charge on any atom is -0.507 e. The van der Waals surface area contributed by atoms with Crippen molar-refractivity contribution >= 4 is 5.91 Å². The van der Waals surface area contributed by atoms with Gasteiger partial charge in [0.2, 0.25) is 0 Å². The summed E-state index contributed by atoms with van der Waals surface area (Å²) in [5.74, 6) is -0.868. The molecule has 3 rings (SSSR count). The van der Waals surface area contributed by atoms with E-state index in [1.165, 1.54) is 29.1 Å². The zero-order valence-corrected chi connectivity index (χ0v) is 13.6. The maximum Gasteiger partial charge on any atom is 0.573 e. The van der Waals surface area contributed by atoms with E-state index < -0.39 is 12.3 Å². The zero-order valence-electron chi connectivity index (χ0n) is 13.6. The highest BCUT2D eigenvalue weighted by molar-refractivity contribution is 5.96. The standard InChI is InChI=1S/C17H13F3N4O3/c18-17(19,20)27-12-4-2-11(3-5-12)9-22-16(26)13-10-21-15(8-14(13)25)24-7-1-6-23-24/h1-8,10H,9H2,(H,21,25)(H,22,26). The molecule has 2 heterocycles. The van der Waals surface area contributed by atoms with Crippen molar-refractivity contribution in [2.24, 2.45) is 0 Å². The van der Waals surface area contributed by atoms with Gasteiger partial charge in [-0.1, -0.05) is 12.1 Å². The smallest absolute Gasteiger partial charge is 0.507 e. The predicted molar refractivity (Wildman–Crippen MR) is 87.3 cm³/mol. The maximum atomic E-state index is 12.2. The molecule has 0 aliphatic carbocycles. The molecule has 0 aliphatic heterocycles. The van der Waals surface area contributed by atoms with Crippen LogP contribution in [0.2, 0.25) is 0 Å². The van der Waals surface area contributed by atoms with E-state index in [0.717, 1.165) is 12.1 Å². The highest BCUT2D eigenvalue weighted by Gasteiger charge is 2.30. The van der Waals surface area contributed by atoms with Crippen LogP contribution < -0.4 is 10.1 Å². The van der Waals surface area contributed by atoms with Crippen LogP contribution in [-0.2, 0) is 6.54 Å². The summed E-state index contributed by atoms with van der Waals surface area (Å²) in [5.41, 5.74) is 0.515. The van der Waals surface area contributed by atoms with Gasteiger partial charge in [-0.25, -0.2) is 9.67 Å². The van der Waals surface area contributed by atoms with Gasteiger partial charge >= 0.3 is 6.36 Å². The molecule has 3 aromatic rings. The lowest BCUT2D eigenvalue weighted by molar-refractivity contribution is -0.274. The van der Waals surface area contributed by atoms with Crippen molar-refractivity contribution in [1.82, 2.24) is 20.1 Å². The molecule has 2 N–H and O–H groups in total. The van der Waals surface area contributed by atoms with Crippen LogP contribution in [-0.4, -0.2) is 32.1 Å². The molecule has 0 saturated carbocycles. The number of hydrogen-bond acceptors (Lipinski definition) is 5. The van der Waals surface area contributed by atoms with Gasteiger partial charge in [-0.2, -0.15) is 5.10 Å². The normalized spacial score (nSPS) is 11.2. The number of nitrogens with one attached hydrogen (secondary N) is 1. The van der Waals surface area contributed by atoms with Crippen molar-refractivity contribution in [3.63, 3.8) is 0 Å². The third-order valence-corrected chi connectivity index (χ3v) is 3.46. The van der Waals surface area contributed by atoms with Crippen molar-refractivity contribution < 1.29 is 27.8 Å². The average molecular weight is 378 g/mol. The summed E-state index contributed by atoms with van der Waals surface area (Å²) in [5, 5.41) is 16.6. The van der Waals surface area contributed by atoms with E-state index in [2.05, 4.69) is 20.1 Å². The molecular weight excluding hydrogens is 365 g/mol. The summed E-state index contributed by atoms with van der Waals surface area (Å²) in [4.78, 5) is 16.2. The number of benzene rings is 1. The van der Waals surface area contributed by atoms with Crippen LogP contribution in [0.25, 0.3) is 5.82 Å². The molecule has 0 unspecified atom stereocenters. The number of hydrogen-bond donors (Lipinski definition) is 2. The van der Waals surface area contributed by atoms with Gasteiger partial charge in [0, 0.05) is 31.2 Å². The lowest BCUT2D eigenvalue weighted by atomic mass is 10.2. The van der Waals surface area contributed by atoms with E-state index >= 15 is 0 Å². The molecule has 10 heteroatoms. The third kappa shape index (κ3) is 4.75. The fourth-order valence-electron chi connectivity index (χ4n) is 2.23. The number of carbonyl (C=O) groups excluding carboxylic acids is 1. The molecule has 2 aromatic heterocycles. The second-order valence-electron chi connectivity index (χ2n) is 5.38. The number of alkyl halides is 3. The van der Waals surface area contributed by atoms with Crippen LogP contribution in [0.1, 0.15) is 15.9 Å². The molecule has 0 radical (unpaired) electrons. The molecule has 0 atom stereocenters. The van der Waals surface area contributed by atoms with Crippen molar-refractivity contribution in [2.75, 3.05) is 0 Å². The Morgan fingerprint density at radius 3 is 2.59 bits per heavy atom. The number of amides is 1. The van der Waals surface area contributed by atoms with E-state index in [0.29, 0.717) is 11.4 Å². The lowest BCUT2D eigenvalue weighted by Gasteiger charge is -2.10. The van der Waals surface area contributed by atoms with E-state index in [1.54, 1.807) is 18.5 Å². The van der Waals surface area contributed by atoms with Crippen LogP contribution in [0.15, 0.2) is 55.0 Å². The number of carbonyl (C=O) groups is 1.